The first kappa shape index (κ1) is 21.9. The highest BCUT2D eigenvalue weighted by Crippen LogP contribution is 2.33. The Morgan fingerprint density at radius 2 is 1.74 bits per heavy atom. The van der Waals surface area contributed by atoms with Crippen molar-refractivity contribution in [2.75, 3.05) is 36.5 Å². The van der Waals surface area contributed by atoms with Gasteiger partial charge in [0.1, 0.15) is 17.3 Å². The Hall–Kier alpha value is -3.56. The minimum absolute atomic E-state index is 0.172. The quantitative estimate of drug-likeness (QED) is 0.444. The average molecular weight is 478 g/mol. The number of benzene rings is 2. The molecule has 6 rings (SSSR count). The second-order valence-electron chi connectivity index (χ2n) is 8.92. The van der Waals surface area contributed by atoms with Gasteiger partial charge in [-0.2, -0.15) is 4.98 Å². The van der Waals surface area contributed by atoms with Crippen molar-refractivity contribution >= 4 is 28.4 Å². The van der Waals surface area contributed by atoms with Gasteiger partial charge in [-0.25, -0.2) is 13.8 Å². The van der Waals surface area contributed by atoms with Crippen LogP contribution in [0.25, 0.3) is 11.0 Å². The van der Waals surface area contributed by atoms with Crippen molar-refractivity contribution < 1.29 is 18.3 Å². The van der Waals surface area contributed by atoms with Crippen molar-refractivity contribution in [1.29, 1.82) is 0 Å². The van der Waals surface area contributed by atoms with Gasteiger partial charge in [0.25, 0.3) is 0 Å². The molecule has 0 atom stereocenters. The molecule has 9 heteroatoms. The summed E-state index contributed by atoms with van der Waals surface area (Å²) in [5.74, 6) is -0.873. The smallest absolute Gasteiger partial charge is 0.229 e. The Kier molecular flexibility index (Phi) is 5.58. The average Bonchev–Trinajstić information content (AvgIpc) is 3.50. The van der Waals surface area contributed by atoms with Crippen LogP contribution in [-0.2, 0) is 16.0 Å². The molecule has 0 aliphatic carbocycles. The van der Waals surface area contributed by atoms with E-state index in [1.807, 2.05) is 18.2 Å². The molecule has 0 saturated carbocycles. The van der Waals surface area contributed by atoms with Gasteiger partial charge in [0.2, 0.25) is 5.95 Å². The van der Waals surface area contributed by atoms with E-state index < -0.39 is 11.6 Å². The van der Waals surface area contributed by atoms with E-state index in [2.05, 4.69) is 32.3 Å². The Morgan fingerprint density at radius 1 is 0.971 bits per heavy atom. The molecule has 2 aromatic heterocycles. The molecule has 2 aliphatic rings. The first-order chi connectivity index (χ1) is 17.1. The van der Waals surface area contributed by atoms with E-state index in [4.69, 9.17) is 9.47 Å². The van der Waals surface area contributed by atoms with Gasteiger partial charge in [-0.05, 0) is 48.5 Å². The number of rotatable bonds is 5. The molecule has 4 heterocycles. The van der Waals surface area contributed by atoms with Crippen LogP contribution >= 0.6 is 0 Å². The lowest BCUT2D eigenvalue weighted by molar-refractivity contribution is -0.169. The summed E-state index contributed by atoms with van der Waals surface area (Å²) in [4.78, 5) is 11.4. The van der Waals surface area contributed by atoms with Crippen LogP contribution in [0.15, 0.2) is 60.9 Å². The van der Waals surface area contributed by atoms with E-state index in [0.29, 0.717) is 24.8 Å². The molecule has 1 N–H and O–H groups in total. The van der Waals surface area contributed by atoms with Crippen LogP contribution < -0.4 is 10.2 Å². The predicted octanol–water partition coefficient (Wildman–Crippen LogP) is 4.84. The molecule has 1 spiro atoms. The van der Waals surface area contributed by atoms with Crippen molar-refractivity contribution in [3.8, 4) is 0 Å². The van der Waals surface area contributed by atoms with E-state index in [1.54, 1.807) is 17.0 Å². The molecule has 7 nitrogen and oxygen atoms in total. The van der Waals surface area contributed by atoms with Crippen molar-refractivity contribution in [3.63, 3.8) is 0 Å². The second kappa shape index (κ2) is 8.90. The minimum atomic E-state index is -0.470. The van der Waals surface area contributed by atoms with Crippen LogP contribution in [0.2, 0.25) is 0 Å². The van der Waals surface area contributed by atoms with Gasteiger partial charge in [-0.1, -0.05) is 0 Å². The highest BCUT2D eigenvalue weighted by molar-refractivity contribution is 5.77. The predicted molar refractivity (Wildman–Crippen MR) is 129 cm³/mol. The van der Waals surface area contributed by atoms with Crippen molar-refractivity contribution in [2.45, 2.75) is 25.2 Å². The fraction of sp³-hybridized carbons (Fsp3) is 0.308. The molecule has 2 fully saturated rings. The Labute approximate surface area is 201 Å². The second-order valence-corrected chi connectivity index (χ2v) is 8.92. The van der Waals surface area contributed by atoms with E-state index in [-0.39, 0.29) is 17.9 Å². The molecule has 2 aromatic carbocycles. The minimum Gasteiger partial charge on any atom is -0.371 e. The lowest BCUT2D eigenvalue weighted by Gasteiger charge is -2.38. The number of fused-ring (bicyclic) bond motifs is 1. The lowest BCUT2D eigenvalue weighted by Crippen LogP contribution is -2.45. The maximum absolute atomic E-state index is 14.1. The Morgan fingerprint density at radius 3 is 2.51 bits per heavy atom. The van der Waals surface area contributed by atoms with Gasteiger partial charge in [-0.3, -0.25) is 0 Å². The van der Waals surface area contributed by atoms with E-state index in [0.717, 1.165) is 54.8 Å². The number of nitrogens with zero attached hydrogens (tertiary/aromatic N) is 4. The molecule has 0 radical (unpaired) electrons. The number of hydrogen-bond acceptors (Lipinski definition) is 6. The highest BCUT2D eigenvalue weighted by Gasteiger charge is 2.39. The monoisotopic (exact) mass is 477 g/mol. The summed E-state index contributed by atoms with van der Waals surface area (Å²) in [6.45, 7) is 3.30. The first-order valence-electron chi connectivity index (χ1n) is 11.7. The maximum atomic E-state index is 14.1. The molecule has 0 amide bonds. The molecule has 180 valence electrons. The zero-order valence-corrected chi connectivity index (χ0v) is 19.1. The summed E-state index contributed by atoms with van der Waals surface area (Å²) in [6.07, 6.45) is 5.24. The third-order valence-corrected chi connectivity index (χ3v) is 6.68. The van der Waals surface area contributed by atoms with Crippen LogP contribution in [-0.4, -0.2) is 46.6 Å². The Balaban J connectivity index is 1.15. The molecular formula is C26H25F2N5O2. The standard InChI is InChI=1S/C26H25F2N5O2/c27-20-1-6-23(28)19(15-20)17-33-10-7-18-16-29-25(31-24(18)33)30-21-2-4-22(5-3-21)32-11-8-26(9-12-32)34-13-14-35-26/h1-7,10,15-16H,8-9,11-14,17H2,(H,29,30,31). The van der Waals surface area contributed by atoms with Gasteiger partial charge in [0, 0.05) is 60.6 Å². The van der Waals surface area contributed by atoms with Gasteiger partial charge < -0.3 is 24.3 Å². The number of anilines is 3. The maximum Gasteiger partial charge on any atom is 0.229 e. The molecule has 0 bridgehead atoms. The highest BCUT2D eigenvalue weighted by atomic mass is 19.1. The molecule has 2 aliphatic heterocycles. The van der Waals surface area contributed by atoms with Crippen LogP contribution in [0.5, 0.6) is 0 Å². The fourth-order valence-electron chi connectivity index (χ4n) is 4.78. The first-order valence-corrected chi connectivity index (χ1v) is 11.7. The zero-order chi connectivity index (χ0) is 23.8. The molecular weight excluding hydrogens is 452 g/mol. The fourth-order valence-corrected chi connectivity index (χ4v) is 4.78. The molecule has 2 saturated heterocycles. The van der Waals surface area contributed by atoms with Gasteiger partial charge in [-0.15, -0.1) is 0 Å². The topological polar surface area (TPSA) is 64.4 Å². The van der Waals surface area contributed by atoms with Crippen LogP contribution in [0.3, 0.4) is 0 Å². The van der Waals surface area contributed by atoms with E-state index in [1.165, 1.54) is 6.07 Å². The third kappa shape index (κ3) is 4.44. The van der Waals surface area contributed by atoms with Crippen molar-refractivity contribution in [2.24, 2.45) is 0 Å². The normalized spacial score (nSPS) is 17.4. The summed E-state index contributed by atoms with van der Waals surface area (Å²) < 4.78 is 41.1. The number of hydrogen-bond donors (Lipinski definition) is 1. The van der Waals surface area contributed by atoms with Crippen molar-refractivity contribution in [1.82, 2.24) is 14.5 Å². The van der Waals surface area contributed by atoms with Crippen molar-refractivity contribution in [3.05, 3.63) is 78.1 Å². The Bertz CT molecular complexity index is 1340. The largest absolute Gasteiger partial charge is 0.371 e. The molecule has 4 aromatic rings. The number of halogens is 2. The summed E-state index contributed by atoms with van der Waals surface area (Å²) in [7, 11) is 0. The zero-order valence-electron chi connectivity index (χ0n) is 19.1. The third-order valence-electron chi connectivity index (χ3n) is 6.68. The van der Waals surface area contributed by atoms with Gasteiger partial charge >= 0.3 is 0 Å². The van der Waals surface area contributed by atoms with Crippen LogP contribution in [0.4, 0.5) is 26.1 Å². The van der Waals surface area contributed by atoms with Crippen LogP contribution in [0.1, 0.15) is 18.4 Å². The number of piperidine rings is 1. The number of ether oxygens (including phenoxy) is 2. The molecule has 35 heavy (non-hydrogen) atoms. The number of nitrogens with one attached hydrogen (secondary N) is 1. The summed E-state index contributed by atoms with van der Waals surface area (Å²) in [6, 6.07) is 13.5. The SMILES string of the molecule is Fc1ccc(F)c(Cn2ccc3cnc(Nc4ccc(N5CCC6(CC5)OCCO6)cc4)nc32)c1. The summed E-state index contributed by atoms with van der Waals surface area (Å²) in [5.41, 5.74) is 2.91. The summed E-state index contributed by atoms with van der Waals surface area (Å²) >= 11 is 0. The van der Waals surface area contributed by atoms with Gasteiger partial charge in [0.15, 0.2) is 5.79 Å². The van der Waals surface area contributed by atoms with Gasteiger partial charge in [0.05, 0.1) is 19.8 Å². The van der Waals surface area contributed by atoms with Crippen LogP contribution in [0, 0.1) is 11.6 Å². The summed E-state index contributed by atoms with van der Waals surface area (Å²) in [5, 5.41) is 4.06. The van der Waals surface area contributed by atoms with E-state index >= 15 is 0 Å². The van der Waals surface area contributed by atoms with E-state index in [9.17, 15) is 8.78 Å². The molecule has 0 unspecified atom stereocenters. The lowest BCUT2D eigenvalue weighted by atomic mass is 10.0. The number of aromatic nitrogens is 3.